The highest BCUT2D eigenvalue weighted by Crippen LogP contribution is 2.44. The van der Waals surface area contributed by atoms with Gasteiger partial charge in [0, 0.05) is 22.7 Å². The van der Waals surface area contributed by atoms with Crippen LogP contribution in [0, 0.1) is 0 Å². The van der Waals surface area contributed by atoms with E-state index in [0.717, 1.165) is 11.4 Å². The molecule has 12 aromatic carbocycles. The van der Waals surface area contributed by atoms with Crippen LogP contribution in [0.2, 0.25) is 0 Å². The van der Waals surface area contributed by atoms with Crippen molar-refractivity contribution < 1.29 is 0 Å². The molecule has 0 aliphatic carbocycles. The van der Waals surface area contributed by atoms with Crippen molar-refractivity contribution in [3.8, 4) is 11.1 Å². The van der Waals surface area contributed by atoms with Gasteiger partial charge in [0.15, 0.2) is 0 Å². The molecule has 0 aliphatic rings. The minimum atomic E-state index is 0.0754. The third-order valence-corrected chi connectivity index (χ3v) is 13.5. The summed E-state index contributed by atoms with van der Waals surface area (Å²) in [5, 5.41) is 15.8. The molecule has 0 radical (unpaired) electrons. The van der Waals surface area contributed by atoms with Crippen molar-refractivity contribution in [2.75, 3.05) is 9.80 Å². The van der Waals surface area contributed by atoms with Gasteiger partial charge in [-0.2, -0.15) is 0 Å². The van der Waals surface area contributed by atoms with Crippen LogP contribution >= 0.6 is 0 Å². The van der Waals surface area contributed by atoms with Crippen LogP contribution in [-0.2, 0) is 0 Å². The summed E-state index contributed by atoms with van der Waals surface area (Å²) in [6.45, 7) is 4.68. The highest BCUT2D eigenvalue weighted by atomic mass is 15.2. The normalized spacial score (nSPS) is 12.9. The lowest BCUT2D eigenvalue weighted by Crippen LogP contribution is -2.21. The molecule has 0 heterocycles. The van der Waals surface area contributed by atoms with Gasteiger partial charge in [-0.05, 0) is 149 Å². The van der Waals surface area contributed by atoms with Crippen LogP contribution < -0.4 is 9.80 Å². The fourth-order valence-electron chi connectivity index (χ4n) is 10.5. The van der Waals surface area contributed by atoms with Crippen molar-refractivity contribution in [2.24, 2.45) is 0 Å². The van der Waals surface area contributed by atoms with Gasteiger partial charge in [-0.15, -0.1) is 0 Å². The Morgan fingerprint density at radius 2 is 0.565 bits per heavy atom. The second-order valence-electron chi connectivity index (χ2n) is 16.9. The molecule has 0 amide bonds. The van der Waals surface area contributed by atoms with E-state index in [0.29, 0.717) is 0 Å². The van der Waals surface area contributed by atoms with Crippen LogP contribution in [0.3, 0.4) is 0 Å². The van der Waals surface area contributed by atoms with Gasteiger partial charge < -0.3 is 9.80 Å². The summed E-state index contributed by atoms with van der Waals surface area (Å²) in [6, 6.07) is 80.9. The van der Waals surface area contributed by atoms with E-state index in [4.69, 9.17) is 0 Å². The molecule has 294 valence electrons. The van der Waals surface area contributed by atoms with Gasteiger partial charge in [0.2, 0.25) is 0 Å². The zero-order chi connectivity index (χ0) is 41.3. The minimum absolute atomic E-state index is 0.0754. The molecule has 0 saturated heterocycles. The van der Waals surface area contributed by atoms with E-state index in [1.807, 2.05) is 0 Å². The van der Waals surface area contributed by atoms with Gasteiger partial charge >= 0.3 is 0 Å². The van der Waals surface area contributed by atoms with Crippen LogP contribution in [-0.4, -0.2) is 0 Å². The lowest BCUT2D eigenvalue weighted by Gasteiger charge is -2.33. The summed E-state index contributed by atoms with van der Waals surface area (Å²) in [5.41, 5.74) is 9.67. The zero-order valence-electron chi connectivity index (χ0n) is 34.8. The first-order valence-corrected chi connectivity index (χ1v) is 21.8. The first-order chi connectivity index (χ1) is 30.6. The van der Waals surface area contributed by atoms with Crippen molar-refractivity contribution in [3.63, 3.8) is 0 Å². The first kappa shape index (κ1) is 36.2. The molecule has 0 aliphatic heterocycles. The molecule has 0 aromatic heterocycles. The quantitative estimate of drug-likeness (QED) is 0.134. The Kier molecular flexibility index (Phi) is 8.47. The second-order valence-corrected chi connectivity index (χ2v) is 16.9. The van der Waals surface area contributed by atoms with E-state index >= 15 is 0 Å². The standard InChI is InChI=1S/C60H44N2/c1-39(53-35-27-47-21-19-43-11-9-13-45-29-37-55(53)59(47)57(43)45)61(49-15-5-3-6-16-49)51-31-23-41(24-32-51)42-25-33-52(34-26-42)62(50-17-7-4-8-18-50)40(2)54-36-28-48-22-20-44-12-10-14-46-30-38-56(54)60(48)58(44)46/h3-40H,1-2H3. The van der Waals surface area contributed by atoms with Crippen molar-refractivity contribution in [1.29, 1.82) is 0 Å². The predicted octanol–water partition coefficient (Wildman–Crippen LogP) is 16.9. The zero-order valence-corrected chi connectivity index (χ0v) is 34.8. The molecule has 0 N–H and O–H groups in total. The Balaban J connectivity index is 0.894. The molecule has 0 saturated carbocycles. The maximum Gasteiger partial charge on any atom is 0.0569 e. The highest BCUT2D eigenvalue weighted by molar-refractivity contribution is 6.24. The van der Waals surface area contributed by atoms with Gasteiger partial charge in [-0.25, -0.2) is 0 Å². The van der Waals surface area contributed by atoms with E-state index in [1.54, 1.807) is 0 Å². The Bertz CT molecular complexity index is 3270. The first-order valence-electron chi connectivity index (χ1n) is 21.8. The van der Waals surface area contributed by atoms with Gasteiger partial charge in [-0.3, -0.25) is 0 Å². The van der Waals surface area contributed by atoms with Crippen LogP contribution in [0.5, 0.6) is 0 Å². The summed E-state index contributed by atoms with van der Waals surface area (Å²) >= 11 is 0. The van der Waals surface area contributed by atoms with Crippen molar-refractivity contribution >= 4 is 87.4 Å². The molecule has 62 heavy (non-hydrogen) atoms. The molecule has 2 unspecified atom stereocenters. The van der Waals surface area contributed by atoms with Gasteiger partial charge in [0.1, 0.15) is 0 Å². The summed E-state index contributed by atoms with van der Waals surface area (Å²) in [4.78, 5) is 4.97. The second kappa shape index (κ2) is 14.5. The fourth-order valence-corrected chi connectivity index (χ4v) is 10.5. The Hall–Kier alpha value is -7.68. The molecule has 12 aromatic rings. The Labute approximate surface area is 362 Å². The summed E-state index contributed by atoms with van der Waals surface area (Å²) in [6.07, 6.45) is 0. The number of para-hydroxylation sites is 2. The molecular formula is C60H44N2. The summed E-state index contributed by atoms with van der Waals surface area (Å²) < 4.78 is 0. The molecule has 12 rings (SSSR count). The highest BCUT2D eigenvalue weighted by Gasteiger charge is 2.24. The molecule has 0 fully saturated rings. The van der Waals surface area contributed by atoms with E-state index in [2.05, 4.69) is 242 Å². The van der Waals surface area contributed by atoms with Crippen LogP contribution in [0.4, 0.5) is 22.7 Å². The van der Waals surface area contributed by atoms with Crippen LogP contribution in [0.1, 0.15) is 37.1 Å². The molecule has 2 atom stereocenters. The third-order valence-electron chi connectivity index (χ3n) is 13.5. The molecule has 0 spiro atoms. The predicted molar refractivity (Wildman–Crippen MR) is 266 cm³/mol. The lowest BCUT2D eigenvalue weighted by molar-refractivity contribution is 0.781. The van der Waals surface area contributed by atoms with Crippen molar-refractivity contribution in [3.05, 3.63) is 230 Å². The Morgan fingerprint density at radius 3 is 0.935 bits per heavy atom. The number of nitrogens with zero attached hydrogens (tertiary/aromatic N) is 2. The average Bonchev–Trinajstić information content (AvgIpc) is 3.33. The number of hydrogen-bond acceptors (Lipinski definition) is 2. The minimum Gasteiger partial charge on any atom is -0.334 e. The largest absolute Gasteiger partial charge is 0.334 e. The van der Waals surface area contributed by atoms with E-state index < -0.39 is 0 Å². The van der Waals surface area contributed by atoms with Gasteiger partial charge in [-0.1, -0.05) is 170 Å². The van der Waals surface area contributed by atoms with E-state index in [9.17, 15) is 0 Å². The monoisotopic (exact) mass is 792 g/mol. The van der Waals surface area contributed by atoms with Crippen molar-refractivity contribution in [2.45, 2.75) is 25.9 Å². The summed E-state index contributed by atoms with van der Waals surface area (Å²) in [7, 11) is 0. The lowest BCUT2D eigenvalue weighted by atomic mass is 9.89. The van der Waals surface area contributed by atoms with Gasteiger partial charge in [0.05, 0.1) is 12.1 Å². The van der Waals surface area contributed by atoms with Crippen LogP contribution in [0.25, 0.3) is 75.8 Å². The summed E-state index contributed by atoms with van der Waals surface area (Å²) in [5.74, 6) is 0. The number of hydrogen-bond donors (Lipinski definition) is 0. The maximum atomic E-state index is 2.48. The van der Waals surface area contributed by atoms with E-state index in [-0.39, 0.29) is 12.1 Å². The third kappa shape index (κ3) is 5.79. The van der Waals surface area contributed by atoms with Crippen LogP contribution in [0.15, 0.2) is 218 Å². The molecule has 2 nitrogen and oxygen atoms in total. The molecular weight excluding hydrogens is 749 g/mol. The van der Waals surface area contributed by atoms with Crippen molar-refractivity contribution in [1.82, 2.24) is 0 Å². The maximum absolute atomic E-state index is 2.48. The Morgan fingerprint density at radius 1 is 0.258 bits per heavy atom. The molecule has 2 heteroatoms. The number of benzene rings is 12. The van der Waals surface area contributed by atoms with E-state index in [1.165, 1.54) is 98.3 Å². The van der Waals surface area contributed by atoms with Gasteiger partial charge in [0.25, 0.3) is 0 Å². The number of rotatable bonds is 9. The SMILES string of the molecule is CC(c1ccc2ccc3cccc4ccc1c2c34)N(c1ccccc1)c1ccc(-c2ccc(N(c3ccccc3)C(C)c3ccc4ccc5cccc6ccc3c4c56)cc2)cc1. The number of anilines is 4. The fraction of sp³-hybridized carbons (Fsp3) is 0.0667. The topological polar surface area (TPSA) is 6.48 Å². The average molecular weight is 793 g/mol. The smallest absolute Gasteiger partial charge is 0.0569 e. The molecule has 0 bridgehead atoms.